The second-order valence-corrected chi connectivity index (χ2v) is 6.81. The summed E-state index contributed by atoms with van der Waals surface area (Å²) in [6.45, 7) is 3.95. The first-order valence-corrected chi connectivity index (χ1v) is 8.99. The summed E-state index contributed by atoms with van der Waals surface area (Å²) in [5.74, 6) is -0.0699. The molecule has 0 aliphatic heterocycles. The van der Waals surface area contributed by atoms with Crippen molar-refractivity contribution in [2.75, 3.05) is 7.05 Å². The predicted octanol–water partition coefficient (Wildman–Crippen LogP) is 4.46. The minimum Gasteiger partial charge on any atom is -0.335 e. The van der Waals surface area contributed by atoms with Crippen molar-refractivity contribution in [2.24, 2.45) is 0 Å². The molecule has 0 aliphatic carbocycles. The number of rotatable bonds is 5. The zero-order chi connectivity index (χ0) is 19.4. The van der Waals surface area contributed by atoms with Crippen LogP contribution in [0.2, 0.25) is 5.02 Å². The first-order valence-electron chi connectivity index (χ1n) is 8.61. The Morgan fingerprint density at radius 3 is 2.59 bits per heavy atom. The number of likely N-dealkylation sites (N-methyl/N-ethyl adjacent to an activating group) is 1. The number of carbonyl (C=O) groups excluding carboxylic acids is 1. The Morgan fingerprint density at radius 1 is 1.22 bits per heavy atom. The molecule has 0 fully saturated rings. The lowest BCUT2D eigenvalue weighted by atomic mass is 10.1. The first-order chi connectivity index (χ1) is 13.0. The first kappa shape index (κ1) is 18.9. The Bertz CT molecular complexity index is 949. The van der Waals surface area contributed by atoms with Crippen LogP contribution in [0.1, 0.15) is 29.7 Å². The van der Waals surface area contributed by atoms with Gasteiger partial charge in [-0.2, -0.15) is 5.10 Å². The van der Waals surface area contributed by atoms with Gasteiger partial charge < -0.3 is 4.90 Å². The zero-order valence-corrected chi connectivity index (χ0v) is 16.3. The quantitative estimate of drug-likeness (QED) is 0.614. The third-order valence-corrected chi connectivity index (χ3v) is 5.01. The van der Waals surface area contributed by atoms with Gasteiger partial charge in [0, 0.05) is 18.1 Å². The molecule has 5 nitrogen and oxygen atoms in total. The van der Waals surface area contributed by atoms with Gasteiger partial charge in [-0.3, -0.25) is 4.79 Å². The standard InChI is InChI=1S/C21H21ClN4O/c1-15-4-5-17(12-20(15)22)6-11-21(27)25(3)16(2)18-7-9-19(10-8-18)26-14-23-13-24-26/h4-14,16H,1-3H3/b11-6+/t16-/m0/s1. The van der Waals surface area contributed by atoms with Crippen LogP contribution in [0, 0.1) is 6.92 Å². The van der Waals surface area contributed by atoms with E-state index in [1.54, 1.807) is 35.1 Å². The van der Waals surface area contributed by atoms with E-state index in [9.17, 15) is 4.79 Å². The average Bonchev–Trinajstić information content (AvgIpc) is 3.22. The highest BCUT2D eigenvalue weighted by Gasteiger charge is 2.15. The molecule has 0 bridgehead atoms. The van der Waals surface area contributed by atoms with Crippen LogP contribution in [0.15, 0.2) is 61.2 Å². The smallest absolute Gasteiger partial charge is 0.246 e. The summed E-state index contributed by atoms with van der Waals surface area (Å²) < 4.78 is 1.69. The summed E-state index contributed by atoms with van der Waals surface area (Å²) in [4.78, 5) is 18.2. The summed E-state index contributed by atoms with van der Waals surface area (Å²) in [7, 11) is 1.80. The minimum absolute atomic E-state index is 0.0615. The summed E-state index contributed by atoms with van der Waals surface area (Å²) in [5, 5.41) is 4.80. The van der Waals surface area contributed by atoms with Crippen LogP contribution >= 0.6 is 11.6 Å². The molecule has 0 radical (unpaired) electrons. The Morgan fingerprint density at radius 2 is 1.96 bits per heavy atom. The van der Waals surface area contributed by atoms with Crippen LogP contribution < -0.4 is 0 Å². The lowest BCUT2D eigenvalue weighted by Gasteiger charge is -2.24. The number of aromatic nitrogens is 3. The van der Waals surface area contributed by atoms with Gasteiger partial charge >= 0.3 is 0 Å². The molecule has 1 atom stereocenters. The van der Waals surface area contributed by atoms with E-state index >= 15 is 0 Å². The topological polar surface area (TPSA) is 51.0 Å². The third kappa shape index (κ3) is 4.44. The van der Waals surface area contributed by atoms with Crippen molar-refractivity contribution in [1.29, 1.82) is 0 Å². The van der Waals surface area contributed by atoms with Crippen LogP contribution in [-0.2, 0) is 4.79 Å². The lowest BCUT2D eigenvalue weighted by Crippen LogP contribution is -2.27. The van der Waals surface area contributed by atoms with Crippen molar-refractivity contribution in [2.45, 2.75) is 19.9 Å². The average molecular weight is 381 g/mol. The highest BCUT2D eigenvalue weighted by molar-refractivity contribution is 6.31. The van der Waals surface area contributed by atoms with E-state index in [4.69, 9.17) is 11.6 Å². The van der Waals surface area contributed by atoms with Crippen LogP contribution in [0.25, 0.3) is 11.8 Å². The van der Waals surface area contributed by atoms with E-state index in [-0.39, 0.29) is 11.9 Å². The molecule has 138 valence electrons. The maximum atomic E-state index is 12.5. The summed E-state index contributed by atoms with van der Waals surface area (Å²) in [5.41, 5.74) is 3.88. The van der Waals surface area contributed by atoms with Crippen molar-refractivity contribution in [3.63, 3.8) is 0 Å². The normalized spacial score (nSPS) is 12.3. The monoisotopic (exact) mass is 380 g/mol. The molecule has 1 aromatic heterocycles. The molecule has 0 saturated heterocycles. The van der Waals surface area contributed by atoms with Gasteiger partial charge in [0.25, 0.3) is 0 Å². The van der Waals surface area contributed by atoms with Crippen molar-refractivity contribution < 1.29 is 4.79 Å². The van der Waals surface area contributed by atoms with Gasteiger partial charge in [-0.25, -0.2) is 9.67 Å². The van der Waals surface area contributed by atoms with Gasteiger partial charge in [0.05, 0.1) is 11.7 Å². The molecule has 0 spiro atoms. The highest BCUT2D eigenvalue weighted by atomic mass is 35.5. The predicted molar refractivity (Wildman–Crippen MR) is 108 cm³/mol. The van der Waals surface area contributed by atoms with E-state index in [0.717, 1.165) is 22.4 Å². The summed E-state index contributed by atoms with van der Waals surface area (Å²) in [6.07, 6.45) is 6.50. The van der Waals surface area contributed by atoms with E-state index in [1.807, 2.05) is 56.3 Å². The number of nitrogens with zero attached hydrogens (tertiary/aromatic N) is 4. The molecule has 6 heteroatoms. The second kappa shape index (κ2) is 8.18. The largest absolute Gasteiger partial charge is 0.335 e. The fourth-order valence-corrected chi connectivity index (χ4v) is 2.85. The van der Waals surface area contributed by atoms with Crippen LogP contribution in [-0.4, -0.2) is 32.6 Å². The van der Waals surface area contributed by atoms with Gasteiger partial charge in [0.2, 0.25) is 5.91 Å². The maximum Gasteiger partial charge on any atom is 0.246 e. The number of aryl methyl sites for hydroxylation is 1. The van der Waals surface area contributed by atoms with Crippen molar-refractivity contribution in [3.05, 3.63) is 82.9 Å². The van der Waals surface area contributed by atoms with E-state index in [0.29, 0.717) is 5.02 Å². The van der Waals surface area contributed by atoms with Crippen LogP contribution in [0.5, 0.6) is 0 Å². The van der Waals surface area contributed by atoms with E-state index in [2.05, 4.69) is 10.1 Å². The molecule has 3 rings (SSSR count). The van der Waals surface area contributed by atoms with Gasteiger partial charge in [-0.05, 0) is 54.8 Å². The zero-order valence-electron chi connectivity index (χ0n) is 15.5. The molecule has 3 aromatic rings. The fourth-order valence-electron chi connectivity index (χ4n) is 2.66. The van der Waals surface area contributed by atoms with Gasteiger partial charge in [-0.1, -0.05) is 35.9 Å². The van der Waals surface area contributed by atoms with E-state index in [1.165, 1.54) is 6.33 Å². The molecule has 1 heterocycles. The molecule has 0 saturated carbocycles. The number of amides is 1. The number of halogens is 1. The molecule has 27 heavy (non-hydrogen) atoms. The summed E-state index contributed by atoms with van der Waals surface area (Å²) in [6, 6.07) is 13.6. The Labute approximate surface area is 163 Å². The maximum absolute atomic E-state index is 12.5. The number of carbonyl (C=O) groups is 1. The molecular weight excluding hydrogens is 360 g/mol. The Hall–Kier alpha value is -2.92. The van der Waals surface area contributed by atoms with Crippen molar-refractivity contribution in [3.8, 4) is 5.69 Å². The van der Waals surface area contributed by atoms with Gasteiger partial charge in [0.1, 0.15) is 12.7 Å². The molecule has 0 unspecified atom stereocenters. The number of benzene rings is 2. The minimum atomic E-state index is -0.0699. The van der Waals surface area contributed by atoms with E-state index < -0.39 is 0 Å². The molecular formula is C21H21ClN4O. The SMILES string of the molecule is Cc1ccc(/C=C/C(=O)N(C)[C@@H](C)c2ccc(-n3cncn3)cc2)cc1Cl. The lowest BCUT2D eigenvalue weighted by molar-refractivity contribution is -0.126. The number of hydrogen-bond donors (Lipinski definition) is 0. The highest BCUT2D eigenvalue weighted by Crippen LogP contribution is 2.21. The Balaban J connectivity index is 1.68. The van der Waals surface area contributed by atoms with Gasteiger partial charge in [-0.15, -0.1) is 0 Å². The molecule has 1 amide bonds. The second-order valence-electron chi connectivity index (χ2n) is 6.40. The van der Waals surface area contributed by atoms with Crippen molar-refractivity contribution >= 4 is 23.6 Å². The third-order valence-electron chi connectivity index (χ3n) is 4.60. The van der Waals surface area contributed by atoms with Crippen LogP contribution in [0.4, 0.5) is 0 Å². The van der Waals surface area contributed by atoms with Gasteiger partial charge in [0.15, 0.2) is 0 Å². The molecule has 2 aromatic carbocycles. The molecule has 0 N–H and O–H groups in total. The Kier molecular flexibility index (Phi) is 5.72. The fraction of sp³-hybridized carbons (Fsp3) is 0.190. The van der Waals surface area contributed by atoms with Crippen molar-refractivity contribution in [1.82, 2.24) is 19.7 Å². The van der Waals surface area contributed by atoms with Crippen LogP contribution in [0.3, 0.4) is 0 Å². The molecule has 0 aliphatic rings. The number of hydrogen-bond acceptors (Lipinski definition) is 3. The summed E-state index contributed by atoms with van der Waals surface area (Å²) >= 11 is 6.13.